The largest absolute Gasteiger partial charge is 0.358 e. The highest BCUT2D eigenvalue weighted by Gasteiger charge is 2.24. The number of rotatable bonds is 3. The summed E-state index contributed by atoms with van der Waals surface area (Å²) in [4.78, 5) is 33.2. The molecule has 1 heterocycles. The van der Waals surface area contributed by atoms with E-state index >= 15 is 0 Å². The monoisotopic (exact) mass is 213 g/mol. The molecule has 0 bridgehead atoms. The quantitative estimate of drug-likeness (QED) is 0.526. The third-order valence-electron chi connectivity index (χ3n) is 2.34. The molecule has 0 radical (unpaired) electrons. The molecule has 3 amide bonds. The van der Waals surface area contributed by atoms with E-state index in [1.165, 1.54) is 7.05 Å². The van der Waals surface area contributed by atoms with Gasteiger partial charge in [0.15, 0.2) is 0 Å². The van der Waals surface area contributed by atoms with Gasteiger partial charge in [-0.25, -0.2) is 0 Å². The van der Waals surface area contributed by atoms with Gasteiger partial charge in [-0.3, -0.25) is 14.4 Å². The Morgan fingerprint density at radius 1 is 1.53 bits per heavy atom. The second kappa shape index (κ2) is 5.33. The van der Waals surface area contributed by atoms with Crippen molar-refractivity contribution in [2.75, 3.05) is 20.1 Å². The van der Waals surface area contributed by atoms with Crippen molar-refractivity contribution < 1.29 is 14.4 Å². The molecular formula is C9H15N3O3. The molecule has 0 spiro atoms. The lowest BCUT2D eigenvalue weighted by Gasteiger charge is -2.21. The molecule has 1 rings (SSSR count). The van der Waals surface area contributed by atoms with Crippen LogP contribution in [0.5, 0.6) is 0 Å². The maximum absolute atomic E-state index is 11.5. The summed E-state index contributed by atoms with van der Waals surface area (Å²) in [6.45, 7) is 0.345. The first kappa shape index (κ1) is 11.5. The molecule has 1 fully saturated rings. The van der Waals surface area contributed by atoms with Crippen molar-refractivity contribution in [3.05, 3.63) is 0 Å². The van der Waals surface area contributed by atoms with Gasteiger partial charge in [0.25, 0.3) is 0 Å². The fraction of sp³-hybridized carbons (Fsp3) is 0.667. The topological polar surface area (TPSA) is 87.3 Å². The van der Waals surface area contributed by atoms with Crippen LogP contribution in [0.25, 0.3) is 0 Å². The fourth-order valence-corrected chi connectivity index (χ4v) is 1.36. The van der Waals surface area contributed by atoms with Gasteiger partial charge in [-0.05, 0) is 6.42 Å². The van der Waals surface area contributed by atoms with E-state index in [2.05, 4.69) is 16.0 Å². The number of hydrogen-bond acceptors (Lipinski definition) is 3. The lowest BCUT2D eigenvalue weighted by molar-refractivity contribution is -0.131. The number of amides is 3. The molecule has 6 heteroatoms. The van der Waals surface area contributed by atoms with Crippen molar-refractivity contribution in [3.8, 4) is 0 Å². The SMILES string of the molecule is CNC(=O)CNC(=O)C1CCC(=O)NC1. The van der Waals surface area contributed by atoms with Crippen LogP contribution in [0, 0.1) is 5.92 Å². The number of carbonyl (C=O) groups is 3. The van der Waals surface area contributed by atoms with E-state index < -0.39 is 0 Å². The van der Waals surface area contributed by atoms with Gasteiger partial charge in [0.05, 0.1) is 12.5 Å². The first-order valence-corrected chi connectivity index (χ1v) is 4.88. The van der Waals surface area contributed by atoms with Gasteiger partial charge in [0.1, 0.15) is 0 Å². The lowest BCUT2D eigenvalue weighted by Crippen LogP contribution is -2.45. The van der Waals surface area contributed by atoms with Crippen LogP contribution < -0.4 is 16.0 Å². The van der Waals surface area contributed by atoms with E-state index in [-0.39, 0.29) is 30.2 Å². The summed E-state index contributed by atoms with van der Waals surface area (Å²) in [6.07, 6.45) is 0.920. The van der Waals surface area contributed by atoms with Crippen LogP contribution in [0.2, 0.25) is 0 Å². The van der Waals surface area contributed by atoms with E-state index in [4.69, 9.17) is 0 Å². The van der Waals surface area contributed by atoms with Gasteiger partial charge in [0, 0.05) is 20.0 Å². The summed E-state index contributed by atoms with van der Waals surface area (Å²) in [7, 11) is 1.51. The Hall–Kier alpha value is -1.59. The van der Waals surface area contributed by atoms with Crippen molar-refractivity contribution in [1.82, 2.24) is 16.0 Å². The van der Waals surface area contributed by atoms with Crippen molar-refractivity contribution in [3.63, 3.8) is 0 Å². The van der Waals surface area contributed by atoms with Crippen molar-refractivity contribution in [2.24, 2.45) is 5.92 Å². The first-order valence-electron chi connectivity index (χ1n) is 4.88. The molecule has 0 aromatic heterocycles. The molecule has 0 aliphatic carbocycles. The molecular weight excluding hydrogens is 198 g/mol. The van der Waals surface area contributed by atoms with Crippen LogP contribution in [-0.4, -0.2) is 37.9 Å². The molecule has 15 heavy (non-hydrogen) atoms. The number of piperidine rings is 1. The maximum Gasteiger partial charge on any atom is 0.239 e. The molecule has 1 saturated heterocycles. The number of nitrogens with one attached hydrogen (secondary N) is 3. The highest BCUT2D eigenvalue weighted by molar-refractivity contribution is 5.87. The zero-order valence-electron chi connectivity index (χ0n) is 8.63. The predicted molar refractivity (Wildman–Crippen MR) is 52.8 cm³/mol. The summed E-state index contributed by atoms with van der Waals surface area (Å²) in [5.74, 6) is -0.653. The molecule has 0 aromatic carbocycles. The molecule has 0 saturated carbocycles. The van der Waals surface area contributed by atoms with Crippen LogP contribution in [-0.2, 0) is 14.4 Å². The molecule has 6 nitrogen and oxygen atoms in total. The smallest absolute Gasteiger partial charge is 0.239 e. The van der Waals surface area contributed by atoms with Crippen molar-refractivity contribution in [1.29, 1.82) is 0 Å². The third kappa shape index (κ3) is 3.57. The zero-order chi connectivity index (χ0) is 11.3. The van der Waals surface area contributed by atoms with Crippen molar-refractivity contribution >= 4 is 17.7 Å². The molecule has 1 aliphatic heterocycles. The third-order valence-corrected chi connectivity index (χ3v) is 2.34. The van der Waals surface area contributed by atoms with E-state index in [1.54, 1.807) is 0 Å². The highest BCUT2D eigenvalue weighted by atomic mass is 16.2. The van der Waals surface area contributed by atoms with Crippen LogP contribution >= 0.6 is 0 Å². The average molecular weight is 213 g/mol. The van der Waals surface area contributed by atoms with Gasteiger partial charge in [-0.2, -0.15) is 0 Å². The standard InChI is InChI=1S/C9H15N3O3/c1-10-8(14)5-12-9(15)6-2-3-7(13)11-4-6/h6H,2-5H2,1H3,(H,10,14)(H,11,13)(H,12,15). The summed E-state index contributed by atoms with van der Waals surface area (Å²) in [5.41, 5.74) is 0. The van der Waals surface area contributed by atoms with Gasteiger partial charge in [0.2, 0.25) is 17.7 Å². The summed E-state index contributed by atoms with van der Waals surface area (Å²) in [6, 6.07) is 0. The summed E-state index contributed by atoms with van der Waals surface area (Å²) >= 11 is 0. The number of carbonyl (C=O) groups excluding carboxylic acids is 3. The zero-order valence-corrected chi connectivity index (χ0v) is 8.63. The highest BCUT2D eigenvalue weighted by Crippen LogP contribution is 2.10. The van der Waals surface area contributed by atoms with E-state index in [0.29, 0.717) is 19.4 Å². The molecule has 1 unspecified atom stereocenters. The van der Waals surface area contributed by atoms with Crippen LogP contribution in [0.1, 0.15) is 12.8 Å². The maximum atomic E-state index is 11.5. The van der Waals surface area contributed by atoms with Crippen molar-refractivity contribution in [2.45, 2.75) is 12.8 Å². The minimum Gasteiger partial charge on any atom is -0.358 e. The minimum atomic E-state index is -0.233. The van der Waals surface area contributed by atoms with E-state index in [0.717, 1.165) is 0 Å². The van der Waals surface area contributed by atoms with E-state index in [9.17, 15) is 14.4 Å². The van der Waals surface area contributed by atoms with Crippen LogP contribution in [0.4, 0.5) is 0 Å². The van der Waals surface area contributed by atoms with Gasteiger partial charge in [-0.15, -0.1) is 0 Å². The average Bonchev–Trinajstić information content (AvgIpc) is 2.26. The van der Waals surface area contributed by atoms with Crippen LogP contribution in [0.15, 0.2) is 0 Å². The van der Waals surface area contributed by atoms with Gasteiger partial charge < -0.3 is 16.0 Å². The Morgan fingerprint density at radius 2 is 2.27 bits per heavy atom. The Labute approximate surface area is 87.8 Å². The summed E-state index contributed by atoms with van der Waals surface area (Å²) < 4.78 is 0. The normalized spacial score (nSPS) is 20.3. The molecule has 84 valence electrons. The Bertz CT molecular complexity index is 268. The second-order valence-corrected chi connectivity index (χ2v) is 3.43. The van der Waals surface area contributed by atoms with Gasteiger partial charge in [-0.1, -0.05) is 0 Å². The van der Waals surface area contributed by atoms with E-state index in [1.807, 2.05) is 0 Å². The second-order valence-electron chi connectivity index (χ2n) is 3.43. The molecule has 0 aromatic rings. The molecule has 1 aliphatic rings. The Balaban J connectivity index is 2.28. The number of hydrogen-bond donors (Lipinski definition) is 3. The molecule has 3 N–H and O–H groups in total. The fourth-order valence-electron chi connectivity index (χ4n) is 1.36. The Morgan fingerprint density at radius 3 is 2.80 bits per heavy atom. The Kier molecular flexibility index (Phi) is 4.08. The first-order chi connectivity index (χ1) is 7.13. The predicted octanol–water partition coefficient (Wildman–Crippen LogP) is -1.63. The minimum absolute atomic E-state index is 0.0141. The van der Waals surface area contributed by atoms with Gasteiger partial charge >= 0.3 is 0 Å². The molecule has 1 atom stereocenters. The summed E-state index contributed by atoms with van der Waals surface area (Å²) in [5, 5.41) is 7.54. The van der Waals surface area contributed by atoms with Crippen LogP contribution in [0.3, 0.4) is 0 Å². The lowest BCUT2D eigenvalue weighted by atomic mass is 9.98. The number of likely N-dealkylation sites (N-methyl/N-ethyl adjacent to an activating group) is 1.